The molecule has 1 fully saturated rings. The smallest absolute Gasteiger partial charge is 0.326 e. The molecule has 2 N–H and O–H groups in total. The van der Waals surface area contributed by atoms with E-state index in [1.807, 2.05) is 31.2 Å². The Balaban J connectivity index is 1.91. The molecule has 0 aliphatic heterocycles. The van der Waals surface area contributed by atoms with Crippen LogP contribution in [0.2, 0.25) is 0 Å². The second kappa shape index (κ2) is 9.60. The lowest BCUT2D eigenvalue weighted by atomic mass is 9.76. The summed E-state index contributed by atoms with van der Waals surface area (Å²) in [7, 11) is 0. The van der Waals surface area contributed by atoms with Gasteiger partial charge in [-0.1, -0.05) is 26.0 Å². The molecule has 144 valence electrons. The van der Waals surface area contributed by atoms with Gasteiger partial charge in [-0.05, 0) is 62.1 Å². The topological polar surface area (TPSA) is 75.6 Å². The fourth-order valence-corrected chi connectivity index (χ4v) is 3.66. The number of carboxylic acid groups (broad SMARTS) is 1. The van der Waals surface area contributed by atoms with Crippen molar-refractivity contribution in [3.63, 3.8) is 0 Å². The van der Waals surface area contributed by atoms with E-state index in [2.05, 4.69) is 19.2 Å². The van der Waals surface area contributed by atoms with E-state index in [-0.39, 0.29) is 18.2 Å². The molecule has 1 amide bonds. The van der Waals surface area contributed by atoms with Crippen LogP contribution in [0.25, 0.3) is 0 Å². The molecule has 1 atom stereocenters. The average Bonchev–Trinajstić information content (AvgIpc) is 2.62. The van der Waals surface area contributed by atoms with Crippen molar-refractivity contribution >= 4 is 11.9 Å². The zero-order valence-electron chi connectivity index (χ0n) is 16.0. The molecule has 0 unspecified atom stereocenters. The number of hydrogen-bond donors (Lipinski definition) is 2. The number of carbonyl (C=O) groups is 2. The highest BCUT2D eigenvalue weighted by molar-refractivity contribution is 5.85. The van der Waals surface area contributed by atoms with E-state index in [9.17, 15) is 14.7 Å². The molecule has 1 aliphatic rings. The average molecular weight is 361 g/mol. The fourth-order valence-electron chi connectivity index (χ4n) is 3.66. The molecule has 1 aromatic rings. The Bertz CT molecular complexity index is 589. The van der Waals surface area contributed by atoms with Gasteiger partial charge in [-0.3, -0.25) is 4.79 Å². The van der Waals surface area contributed by atoms with E-state index < -0.39 is 12.0 Å². The van der Waals surface area contributed by atoms with E-state index in [0.717, 1.165) is 37.0 Å². The van der Waals surface area contributed by atoms with Crippen molar-refractivity contribution in [1.29, 1.82) is 0 Å². The minimum absolute atomic E-state index is 0.0628. The van der Waals surface area contributed by atoms with Crippen LogP contribution in [0.5, 0.6) is 5.75 Å². The van der Waals surface area contributed by atoms with E-state index in [1.165, 1.54) is 0 Å². The second-order valence-corrected chi connectivity index (χ2v) is 7.54. The molecule has 0 bridgehead atoms. The van der Waals surface area contributed by atoms with Gasteiger partial charge in [0.15, 0.2) is 0 Å². The van der Waals surface area contributed by atoms with Crippen LogP contribution < -0.4 is 10.1 Å². The Labute approximate surface area is 156 Å². The van der Waals surface area contributed by atoms with Crippen LogP contribution in [0, 0.1) is 17.8 Å². The Morgan fingerprint density at radius 2 is 1.77 bits per heavy atom. The van der Waals surface area contributed by atoms with Gasteiger partial charge in [0, 0.05) is 12.3 Å². The summed E-state index contributed by atoms with van der Waals surface area (Å²) in [4.78, 5) is 24.1. The molecule has 0 radical (unpaired) electrons. The second-order valence-electron chi connectivity index (χ2n) is 7.54. The monoisotopic (exact) mass is 361 g/mol. The molecule has 2 rings (SSSR count). The number of aliphatic carboxylic acids is 1. The molecule has 1 aromatic carbocycles. The van der Waals surface area contributed by atoms with Gasteiger partial charge in [-0.2, -0.15) is 0 Å². The van der Waals surface area contributed by atoms with Gasteiger partial charge in [-0.25, -0.2) is 4.79 Å². The van der Waals surface area contributed by atoms with Gasteiger partial charge >= 0.3 is 5.97 Å². The summed E-state index contributed by atoms with van der Waals surface area (Å²) < 4.78 is 5.40. The van der Waals surface area contributed by atoms with Crippen LogP contribution in [0.15, 0.2) is 24.3 Å². The molecular weight excluding hydrogens is 330 g/mol. The van der Waals surface area contributed by atoms with Gasteiger partial charge in [0.25, 0.3) is 0 Å². The molecular formula is C21H31NO4. The summed E-state index contributed by atoms with van der Waals surface area (Å²) in [5.41, 5.74) is 0.865. The lowest BCUT2D eigenvalue weighted by Gasteiger charge is -2.30. The predicted octanol–water partition coefficient (Wildman–Crippen LogP) is 3.66. The maximum atomic E-state index is 12.5. The van der Waals surface area contributed by atoms with Gasteiger partial charge < -0.3 is 15.2 Å². The number of nitrogens with one attached hydrogen (secondary N) is 1. The number of ether oxygens (including phenoxy) is 1. The van der Waals surface area contributed by atoms with Crippen LogP contribution >= 0.6 is 0 Å². The quantitative estimate of drug-likeness (QED) is 0.741. The lowest BCUT2D eigenvalue weighted by molar-refractivity contribution is -0.142. The number of benzene rings is 1. The van der Waals surface area contributed by atoms with Crippen LogP contribution in [-0.2, 0) is 16.0 Å². The third-order valence-electron chi connectivity index (χ3n) is 5.37. The number of rotatable bonds is 8. The zero-order valence-corrected chi connectivity index (χ0v) is 16.0. The van der Waals surface area contributed by atoms with Crippen molar-refractivity contribution in [2.45, 2.75) is 58.9 Å². The van der Waals surface area contributed by atoms with Crippen molar-refractivity contribution in [3.05, 3.63) is 29.8 Å². The number of carboxylic acids is 1. The summed E-state index contributed by atoms with van der Waals surface area (Å²) in [5.74, 6) is 0.901. The molecule has 5 heteroatoms. The molecule has 0 saturated heterocycles. The highest BCUT2D eigenvalue weighted by Gasteiger charge is 2.30. The van der Waals surface area contributed by atoms with Crippen LogP contribution in [0.3, 0.4) is 0 Å². The molecule has 1 aliphatic carbocycles. The van der Waals surface area contributed by atoms with Crippen molar-refractivity contribution < 1.29 is 19.4 Å². The van der Waals surface area contributed by atoms with Crippen molar-refractivity contribution in [3.8, 4) is 5.75 Å². The zero-order chi connectivity index (χ0) is 19.1. The van der Waals surface area contributed by atoms with Gasteiger partial charge in [-0.15, -0.1) is 0 Å². The molecule has 5 nitrogen and oxygen atoms in total. The first-order chi connectivity index (χ1) is 12.4. The fraction of sp³-hybridized carbons (Fsp3) is 0.619. The van der Waals surface area contributed by atoms with Crippen LogP contribution in [-0.4, -0.2) is 29.6 Å². The van der Waals surface area contributed by atoms with Crippen molar-refractivity contribution in [2.24, 2.45) is 17.8 Å². The largest absolute Gasteiger partial charge is 0.494 e. The molecule has 0 spiro atoms. The highest BCUT2D eigenvalue weighted by atomic mass is 16.5. The minimum atomic E-state index is -0.997. The Morgan fingerprint density at radius 3 is 2.27 bits per heavy atom. The summed E-state index contributed by atoms with van der Waals surface area (Å²) in [6, 6.07) is 6.45. The maximum Gasteiger partial charge on any atom is 0.326 e. The number of amides is 1. The third-order valence-corrected chi connectivity index (χ3v) is 5.37. The normalized spacial score (nSPS) is 21.2. The van der Waals surface area contributed by atoms with Crippen molar-refractivity contribution in [1.82, 2.24) is 5.32 Å². The Hall–Kier alpha value is -2.04. The minimum Gasteiger partial charge on any atom is -0.494 e. The standard InChI is InChI=1S/C21H31NO4/c1-4-26-18-11-5-15(6-12-18)13-19(21(24)25)22-20(23)17-9-7-16(8-10-17)14(2)3/h5-6,11-12,14,16-17,19H,4,7-10,13H2,1-3H3,(H,22,23)(H,24,25)/t16-,17-,19-/m1/s1. The highest BCUT2D eigenvalue weighted by Crippen LogP contribution is 2.33. The van der Waals surface area contributed by atoms with E-state index >= 15 is 0 Å². The molecule has 1 saturated carbocycles. The Kier molecular flexibility index (Phi) is 7.49. The third kappa shape index (κ3) is 5.75. The molecule has 0 heterocycles. The summed E-state index contributed by atoms with van der Waals surface area (Å²) >= 11 is 0. The number of carbonyl (C=O) groups excluding carboxylic acids is 1. The van der Waals surface area contributed by atoms with E-state index in [4.69, 9.17) is 4.74 Å². The van der Waals surface area contributed by atoms with Gasteiger partial charge in [0.2, 0.25) is 5.91 Å². The van der Waals surface area contributed by atoms with E-state index in [1.54, 1.807) is 0 Å². The van der Waals surface area contributed by atoms with Gasteiger partial charge in [0.1, 0.15) is 11.8 Å². The maximum absolute atomic E-state index is 12.5. The van der Waals surface area contributed by atoms with Gasteiger partial charge in [0.05, 0.1) is 6.61 Å². The van der Waals surface area contributed by atoms with Crippen molar-refractivity contribution in [2.75, 3.05) is 6.61 Å². The summed E-state index contributed by atoms with van der Waals surface area (Å²) in [6.07, 6.45) is 4.07. The predicted molar refractivity (Wildman–Crippen MR) is 101 cm³/mol. The van der Waals surface area contributed by atoms with Crippen LogP contribution in [0.4, 0.5) is 0 Å². The first-order valence-corrected chi connectivity index (χ1v) is 9.65. The lowest BCUT2D eigenvalue weighted by Crippen LogP contribution is -2.45. The number of hydrogen-bond acceptors (Lipinski definition) is 3. The van der Waals surface area contributed by atoms with Crippen LogP contribution in [0.1, 0.15) is 52.0 Å². The SMILES string of the molecule is CCOc1ccc(C[C@@H](NC(=O)[C@H]2CC[C@H](C(C)C)CC2)C(=O)O)cc1. The summed E-state index contributed by atoms with van der Waals surface area (Å²) in [5, 5.41) is 12.2. The molecule has 26 heavy (non-hydrogen) atoms. The summed E-state index contributed by atoms with van der Waals surface area (Å²) in [6.45, 7) is 6.95. The first-order valence-electron chi connectivity index (χ1n) is 9.65. The Morgan fingerprint density at radius 1 is 1.15 bits per heavy atom. The molecule has 0 aromatic heterocycles. The van der Waals surface area contributed by atoms with E-state index in [0.29, 0.717) is 18.4 Å². The first kappa shape index (κ1) is 20.3.